The maximum atomic E-state index is 14.6. The lowest BCUT2D eigenvalue weighted by Crippen LogP contribution is -2.40. The Balaban J connectivity index is 1.37. The first-order chi connectivity index (χ1) is 20.5. The van der Waals surface area contributed by atoms with Gasteiger partial charge in [-0.2, -0.15) is 0 Å². The molecule has 1 saturated heterocycles. The minimum atomic E-state index is -3.16. The lowest BCUT2D eigenvalue weighted by Gasteiger charge is -2.31. The Hall–Kier alpha value is -2.82. The van der Waals surface area contributed by atoms with Crippen LogP contribution in [0.25, 0.3) is 16.6 Å². The molecule has 10 heteroatoms. The van der Waals surface area contributed by atoms with Gasteiger partial charge in [0.25, 0.3) is 5.91 Å². The molecule has 1 N–H and O–H groups in total. The van der Waals surface area contributed by atoms with Gasteiger partial charge in [-0.3, -0.25) is 4.79 Å². The van der Waals surface area contributed by atoms with Crippen molar-refractivity contribution in [2.75, 3.05) is 31.9 Å². The Morgan fingerprint density at radius 2 is 1.86 bits per heavy atom. The van der Waals surface area contributed by atoms with Crippen molar-refractivity contribution in [3.05, 3.63) is 59.4 Å². The lowest BCUT2D eigenvalue weighted by molar-refractivity contribution is 0.0717. The Bertz CT molecular complexity index is 1560. The van der Waals surface area contributed by atoms with E-state index in [0.29, 0.717) is 23.9 Å². The number of aromatic nitrogens is 2. The minimum Gasteiger partial charge on any atom is -0.336 e. The topological polar surface area (TPSA) is 87.0 Å². The third kappa shape index (κ3) is 6.97. The maximum absolute atomic E-state index is 14.6. The summed E-state index contributed by atoms with van der Waals surface area (Å²) in [5.74, 6) is 1.31. The standard InChI is InChI=1S/C33H46FN5O3S/c1-6-38(22(3)4)33(40)31-17-27(34)10-13-29(31)30-16-26(21-39-23(5)35-18-32(30)39)25-14-15-37(20-25)19-24-8-11-28(12-9-24)36-43(41,42)7-2/h10,13,16-18,21-22,24-25,28,36H,6-9,11-12,14-15,19-20H2,1-5H3. The first-order valence-corrected chi connectivity index (χ1v) is 17.5. The van der Waals surface area contributed by atoms with Gasteiger partial charge in [0.05, 0.1) is 23.0 Å². The Labute approximate surface area is 255 Å². The number of amides is 1. The molecule has 2 aliphatic rings. The van der Waals surface area contributed by atoms with Gasteiger partial charge in [0, 0.05) is 43.5 Å². The number of benzene rings is 1. The summed E-state index contributed by atoms with van der Waals surface area (Å²) in [6.45, 7) is 13.1. The molecule has 234 valence electrons. The fourth-order valence-corrected chi connectivity index (χ4v) is 7.85. The zero-order valence-electron chi connectivity index (χ0n) is 26.1. The van der Waals surface area contributed by atoms with Gasteiger partial charge < -0.3 is 14.2 Å². The Kier molecular flexibility index (Phi) is 9.58. The van der Waals surface area contributed by atoms with E-state index in [9.17, 15) is 17.6 Å². The predicted octanol–water partition coefficient (Wildman–Crippen LogP) is 5.61. The van der Waals surface area contributed by atoms with Crippen molar-refractivity contribution in [3.63, 3.8) is 0 Å². The summed E-state index contributed by atoms with van der Waals surface area (Å²) in [5.41, 5.74) is 4.09. The molecule has 1 saturated carbocycles. The van der Waals surface area contributed by atoms with Crippen molar-refractivity contribution in [2.24, 2.45) is 5.92 Å². The van der Waals surface area contributed by atoms with Crippen LogP contribution in [0.1, 0.15) is 87.5 Å². The number of hydrogen-bond donors (Lipinski definition) is 1. The van der Waals surface area contributed by atoms with E-state index in [-0.39, 0.29) is 23.7 Å². The zero-order chi connectivity index (χ0) is 30.9. The number of carbonyl (C=O) groups excluding carboxylic acids is 1. The number of nitrogens with one attached hydrogen (secondary N) is 1. The number of carbonyl (C=O) groups is 1. The fraction of sp³-hybridized carbons (Fsp3) is 0.576. The quantitative estimate of drug-likeness (QED) is 0.322. The van der Waals surface area contributed by atoms with Crippen LogP contribution in [0.4, 0.5) is 4.39 Å². The van der Waals surface area contributed by atoms with Gasteiger partial charge in [0.1, 0.15) is 11.6 Å². The highest BCUT2D eigenvalue weighted by atomic mass is 32.2. The van der Waals surface area contributed by atoms with Crippen LogP contribution in [0.15, 0.2) is 36.7 Å². The van der Waals surface area contributed by atoms with Gasteiger partial charge in [0.2, 0.25) is 10.0 Å². The monoisotopic (exact) mass is 611 g/mol. The van der Waals surface area contributed by atoms with Crippen LogP contribution in [0.5, 0.6) is 0 Å². The summed E-state index contributed by atoms with van der Waals surface area (Å²) >= 11 is 0. The minimum absolute atomic E-state index is 0.00246. The highest BCUT2D eigenvalue weighted by Gasteiger charge is 2.30. The zero-order valence-corrected chi connectivity index (χ0v) is 27.0. The number of likely N-dealkylation sites (tertiary alicyclic amines) is 1. The summed E-state index contributed by atoms with van der Waals surface area (Å²) in [6, 6.07) is 6.78. The van der Waals surface area contributed by atoms with E-state index in [1.807, 2.05) is 33.9 Å². The molecular formula is C33H46FN5O3S. The van der Waals surface area contributed by atoms with Crippen molar-refractivity contribution in [2.45, 2.75) is 84.7 Å². The van der Waals surface area contributed by atoms with E-state index >= 15 is 0 Å². The van der Waals surface area contributed by atoms with Crippen LogP contribution in [0.3, 0.4) is 0 Å². The third-order valence-corrected chi connectivity index (χ3v) is 10.9. The second-order valence-electron chi connectivity index (χ2n) is 12.6. The summed E-state index contributed by atoms with van der Waals surface area (Å²) in [4.78, 5) is 22.6. The molecule has 1 atom stereocenters. The Morgan fingerprint density at radius 3 is 2.53 bits per heavy atom. The second kappa shape index (κ2) is 13.0. The first kappa shape index (κ1) is 31.6. The molecule has 1 aromatic carbocycles. The van der Waals surface area contributed by atoms with Crippen LogP contribution >= 0.6 is 0 Å². The van der Waals surface area contributed by atoms with E-state index in [1.165, 1.54) is 17.7 Å². The lowest BCUT2D eigenvalue weighted by atomic mass is 9.86. The van der Waals surface area contributed by atoms with Crippen LogP contribution in [0.2, 0.25) is 0 Å². The van der Waals surface area contributed by atoms with Gasteiger partial charge in [-0.1, -0.05) is 6.07 Å². The largest absolute Gasteiger partial charge is 0.336 e. The average Bonchev–Trinajstić information content (AvgIpc) is 3.60. The number of rotatable bonds is 10. The predicted molar refractivity (Wildman–Crippen MR) is 169 cm³/mol. The van der Waals surface area contributed by atoms with E-state index in [2.05, 4.69) is 31.3 Å². The van der Waals surface area contributed by atoms with E-state index in [4.69, 9.17) is 0 Å². The van der Waals surface area contributed by atoms with Crippen LogP contribution in [0, 0.1) is 18.7 Å². The van der Waals surface area contributed by atoms with E-state index in [0.717, 1.165) is 74.2 Å². The number of imidazole rings is 1. The second-order valence-corrected chi connectivity index (χ2v) is 14.6. The van der Waals surface area contributed by atoms with Gasteiger partial charge in [-0.15, -0.1) is 0 Å². The molecule has 3 heterocycles. The van der Waals surface area contributed by atoms with Crippen molar-refractivity contribution in [1.29, 1.82) is 0 Å². The van der Waals surface area contributed by atoms with Crippen LogP contribution in [-0.2, 0) is 10.0 Å². The first-order valence-electron chi connectivity index (χ1n) is 15.8. The molecule has 1 unspecified atom stereocenters. The van der Waals surface area contributed by atoms with E-state index in [1.54, 1.807) is 17.9 Å². The molecule has 2 fully saturated rings. The summed E-state index contributed by atoms with van der Waals surface area (Å²) in [7, 11) is -3.16. The molecule has 8 nitrogen and oxygen atoms in total. The number of sulfonamides is 1. The fourth-order valence-electron chi connectivity index (χ4n) is 6.94. The number of halogens is 1. The van der Waals surface area contributed by atoms with Gasteiger partial charge in [0.15, 0.2) is 0 Å². The van der Waals surface area contributed by atoms with Crippen LogP contribution in [-0.4, -0.2) is 77.5 Å². The van der Waals surface area contributed by atoms with Gasteiger partial charge in [-0.05, 0) is 114 Å². The summed E-state index contributed by atoms with van der Waals surface area (Å²) in [5, 5.41) is 0. The summed E-state index contributed by atoms with van der Waals surface area (Å²) in [6.07, 6.45) is 8.92. The van der Waals surface area contributed by atoms with Crippen LogP contribution < -0.4 is 4.72 Å². The molecule has 2 aromatic heterocycles. The summed E-state index contributed by atoms with van der Waals surface area (Å²) < 4.78 is 43.5. The molecule has 0 spiro atoms. The molecule has 43 heavy (non-hydrogen) atoms. The molecule has 1 aliphatic carbocycles. The van der Waals surface area contributed by atoms with Crippen molar-refractivity contribution >= 4 is 21.4 Å². The van der Waals surface area contributed by atoms with Gasteiger partial charge >= 0.3 is 0 Å². The Morgan fingerprint density at radius 1 is 1.12 bits per heavy atom. The van der Waals surface area contributed by atoms with Crippen molar-refractivity contribution in [1.82, 2.24) is 23.9 Å². The molecule has 1 amide bonds. The highest BCUT2D eigenvalue weighted by Crippen LogP contribution is 2.36. The van der Waals surface area contributed by atoms with Crippen molar-refractivity contribution in [3.8, 4) is 11.1 Å². The normalized spacial score (nSPS) is 21.6. The van der Waals surface area contributed by atoms with E-state index < -0.39 is 15.8 Å². The molecule has 3 aromatic rings. The molecule has 1 aliphatic heterocycles. The number of hydrogen-bond acceptors (Lipinski definition) is 5. The molecular weight excluding hydrogens is 565 g/mol. The smallest absolute Gasteiger partial charge is 0.254 e. The number of fused-ring (bicyclic) bond motifs is 1. The number of pyridine rings is 1. The van der Waals surface area contributed by atoms with Gasteiger partial charge in [-0.25, -0.2) is 22.5 Å². The molecule has 0 radical (unpaired) electrons. The molecule has 5 rings (SSSR count). The maximum Gasteiger partial charge on any atom is 0.254 e. The number of aryl methyl sites for hydroxylation is 1. The highest BCUT2D eigenvalue weighted by molar-refractivity contribution is 7.89. The number of nitrogens with zero attached hydrogens (tertiary/aromatic N) is 4. The average molecular weight is 612 g/mol. The van der Waals surface area contributed by atoms with Crippen molar-refractivity contribution < 1.29 is 17.6 Å². The molecule has 0 bridgehead atoms. The third-order valence-electron chi connectivity index (χ3n) is 9.41. The SMILES string of the molecule is CCN(C(=O)c1cc(F)ccc1-c1cc(C2CCN(CC3CCC(NS(=O)(=O)CC)CC3)C2)cn2c(C)ncc12)C(C)C.